The molecule has 3 rings (SSSR count). The lowest BCUT2D eigenvalue weighted by Gasteiger charge is -2.28. The Kier molecular flexibility index (Phi) is 4.97. The first-order valence-corrected chi connectivity index (χ1v) is 8.06. The highest BCUT2D eigenvalue weighted by Gasteiger charge is 2.22. The number of nitrogens with zero attached hydrogens (tertiary/aromatic N) is 4. The fourth-order valence-corrected chi connectivity index (χ4v) is 3.04. The molecule has 1 aromatic carbocycles. The second-order valence-electron chi connectivity index (χ2n) is 6.14. The van der Waals surface area contributed by atoms with Gasteiger partial charge in [-0.25, -0.2) is 4.68 Å². The van der Waals surface area contributed by atoms with Crippen LogP contribution in [0.1, 0.15) is 26.2 Å². The maximum Gasteiger partial charge on any atom is 0.224 e. The van der Waals surface area contributed by atoms with E-state index in [0.29, 0.717) is 18.3 Å². The molecule has 1 amide bonds. The summed E-state index contributed by atoms with van der Waals surface area (Å²) in [7, 11) is 0. The van der Waals surface area contributed by atoms with Crippen molar-refractivity contribution in [2.45, 2.75) is 26.2 Å². The Morgan fingerprint density at radius 3 is 3.17 bits per heavy atom. The Hall–Kier alpha value is -2.28. The molecular weight excluding hydrogens is 292 g/mol. The van der Waals surface area contributed by atoms with E-state index < -0.39 is 0 Å². The molecule has 1 aliphatic heterocycles. The number of carbonyl (C=O) groups is 1. The van der Waals surface area contributed by atoms with E-state index in [1.165, 1.54) is 19.2 Å². The van der Waals surface area contributed by atoms with Crippen LogP contribution < -0.4 is 10.6 Å². The number of rotatable bonds is 5. The smallest absolute Gasteiger partial charge is 0.224 e. The average Bonchev–Trinajstić information content (AvgIpc) is 3.10. The fraction of sp³-hybridized carbons (Fsp3) is 0.500. The Labute approximate surface area is 135 Å². The predicted molar refractivity (Wildman–Crippen MR) is 87.2 cm³/mol. The zero-order valence-corrected chi connectivity index (χ0v) is 13.3. The van der Waals surface area contributed by atoms with Gasteiger partial charge in [0.05, 0.1) is 5.69 Å². The normalized spacial score (nSPS) is 19.3. The van der Waals surface area contributed by atoms with Crippen LogP contribution in [0.2, 0.25) is 0 Å². The first-order valence-electron chi connectivity index (χ1n) is 8.06. The van der Waals surface area contributed by atoms with Crippen LogP contribution in [0.25, 0.3) is 5.69 Å². The molecule has 2 N–H and O–H groups in total. The first-order chi connectivity index (χ1) is 11.2. The van der Waals surface area contributed by atoms with E-state index in [1.54, 1.807) is 4.68 Å². The number of nitrogens with one attached hydrogen (secondary N) is 2. The predicted octanol–water partition coefficient (Wildman–Crippen LogP) is 1.63. The van der Waals surface area contributed by atoms with Crippen molar-refractivity contribution in [1.29, 1.82) is 0 Å². The van der Waals surface area contributed by atoms with Crippen LogP contribution in [0, 0.1) is 11.8 Å². The highest BCUT2D eigenvalue weighted by Crippen LogP contribution is 2.23. The van der Waals surface area contributed by atoms with Crippen LogP contribution in [0.4, 0.5) is 5.69 Å². The van der Waals surface area contributed by atoms with Gasteiger partial charge in [-0.2, -0.15) is 0 Å². The van der Waals surface area contributed by atoms with Crippen molar-refractivity contribution < 1.29 is 4.79 Å². The molecule has 1 aliphatic rings. The number of amides is 1. The van der Waals surface area contributed by atoms with Gasteiger partial charge in [-0.3, -0.25) is 4.79 Å². The quantitative estimate of drug-likeness (QED) is 0.876. The minimum Gasteiger partial charge on any atom is -0.326 e. The lowest BCUT2D eigenvalue weighted by atomic mass is 9.85. The molecule has 2 atom stereocenters. The molecule has 0 aliphatic carbocycles. The summed E-state index contributed by atoms with van der Waals surface area (Å²) in [6.07, 6.45) is 4.47. The summed E-state index contributed by atoms with van der Waals surface area (Å²) < 4.78 is 1.56. The monoisotopic (exact) mass is 314 g/mol. The van der Waals surface area contributed by atoms with E-state index in [-0.39, 0.29) is 5.91 Å². The molecule has 0 spiro atoms. The molecule has 2 unspecified atom stereocenters. The molecule has 2 aromatic rings. The van der Waals surface area contributed by atoms with Crippen LogP contribution >= 0.6 is 0 Å². The summed E-state index contributed by atoms with van der Waals surface area (Å²) in [5.74, 6) is 1.02. The van der Waals surface area contributed by atoms with E-state index in [1.807, 2.05) is 24.3 Å². The van der Waals surface area contributed by atoms with E-state index >= 15 is 0 Å². The van der Waals surface area contributed by atoms with E-state index in [9.17, 15) is 4.79 Å². The van der Waals surface area contributed by atoms with Crippen LogP contribution in [0.5, 0.6) is 0 Å². The third kappa shape index (κ3) is 4.13. The summed E-state index contributed by atoms with van der Waals surface area (Å²) in [5, 5.41) is 17.5. The molecule has 1 aromatic heterocycles. The number of hydrogen-bond acceptors (Lipinski definition) is 5. The van der Waals surface area contributed by atoms with Crippen molar-refractivity contribution in [3.63, 3.8) is 0 Å². The van der Waals surface area contributed by atoms with Gasteiger partial charge in [0.25, 0.3) is 0 Å². The molecule has 7 heteroatoms. The minimum atomic E-state index is 0.0527. The number of aromatic nitrogens is 4. The van der Waals surface area contributed by atoms with Crippen molar-refractivity contribution in [3.8, 4) is 5.69 Å². The molecule has 0 radical (unpaired) electrons. The van der Waals surface area contributed by atoms with Gasteiger partial charge in [0.2, 0.25) is 5.91 Å². The SMILES string of the molecule is CC(CC(=O)Nc1cccc(-n2cnnn2)c1)C1CCCNC1. The summed E-state index contributed by atoms with van der Waals surface area (Å²) in [6, 6.07) is 7.50. The molecule has 2 heterocycles. The van der Waals surface area contributed by atoms with Crippen molar-refractivity contribution in [2.24, 2.45) is 11.8 Å². The summed E-state index contributed by atoms with van der Waals surface area (Å²) in [5.41, 5.74) is 1.58. The minimum absolute atomic E-state index is 0.0527. The van der Waals surface area contributed by atoms with Gasteiger partial charge in [-0.05, 0) is 66.4 Å². The highest BCUT2D eigenvalue weighted by atomic mass is 16.1. The zero-order valence-electron chi connectivity index (χ0n) is 13.3. The maximum absolute atomic E-state index is 12.3. The largest absolute Gasteiger partial charge is 0.326 e. The molecule has 7 nitrogen and oxygen atoms in total. The Morgan fingerprint density at radius 2 is 2.43 bits per heavy atom. The number of benzene rings is 1. The third-order valence-electron chi connectivity index (χ3n) is 4.39. The molecular formula is C16H22N6O. The molecule has 0 saturated carbocycles. The maximum atomic E-state index is 12.3. The Morgan fingerprint density at radius 1 is 1.52 bits per heavy atom. The van der Waals surface area contributed by atoms with Crippen molar-refractivity contribution >= 4 is 11.6 Å². The summed E-state index contributed by atoms with van der Waals surface area (Å²) >= 11 is 0. The second-order valence-corrected chi connectivity index (χ2v) is 6.14. The first kappa shape index (κ1) is 15.6. The lowest BCUT2D eigenvalue weighted by molar-refractivity contribution is -0.117. The van der Waals surface area contributed by atoms with Crippen molar-refractivity contribution in [1.82, 2.24) is 25.5 Å². The second kappa shape index (κ2) is 7.32. The van der Waals surface area contributed by atoms with E-state index in [4.69, 9.17) is 0 Å². The van der Waals surface area contributed by atoms with Crippen LogP contribution in [0.3, 0.4) is 0 Å². The van der Waals surface area contributed by atoms with Gasteiger partial charge in [0, 0.05) is 12.1 Å². The Balaban J connectivity index is 1.58. The number of piperidine rings is 1. The number of anilines is 1. The number of hydrogen-bond donors (Lipinski definition) is 2. The van der Waals surface area contributed by atoms with Crippen LogP contribution in [-0.2, 0) is 4.79 Å². The van der Waals surface area contributed by atoms with Gasteiger partial charge < -0.3 is 10.6 Å². The third-order valence-corrected chi connectivity index (χ3v) is 4.39. The number of tetrazole rings is 1. The lowest BCUT2D eigenvalue weighted by Crippen LogP contribution is -2.34. The van der Waals surface area contributed by atoms with Crippen LogP contribution in [0.15, 0.2) is 30.6 Å². The Bertz CT molecular complexity index is 636. The van der Waals surface area contributed by atoms with Gasteiger partial charge in [0.15, 0.2) is 0 Å². The topological polar surface area (TPSA) is 84.7 Å². The summed E-state index contributed by atoms with van der Waals surface area (Å²) in [4.78, 5) is 12.3. The molecule has 1 saturated heterocycles. The van der Waals surface area contributed by atoms with Crippen LogP contribution in [-0.4, -0.2) is 39.2 Å². The van der Waals surface area contributed by atoms with Gasteiger partial charge in [0.1, 0.15) is 6.33 Å². The zero-order chi connectivity index (χ0) is 16.1. The van der Waals surface area contributed by atoms with Gasteiger partial charge in [-0.1, -0.05) is 13.0 Å². The van der Waals surface area contributed by atoms with E-state index in [2.05, 4.69) is 33.1 Å². The average molecular weight is 314 g/mol. The summed E-state index contributed by atoms with van der Waals surface area (Å²) in [6.45, 7) is 4.28. The van der Waals surface area contributed by atoms with Gasteiger partial charge >= 0.3 is 0 Å². The van der Waals surface area contributed by atoms with Crippen molar-refractivity contribution in [2.75, 3.05) is 18.4 Å². The molecule has 23 heavy (non-hydrogen) atoms. The highest BCUT2D eigenvalue weighted by molar-refractivity contribution is 5.91. The molecule has 0 bridgehead atoms. The van der Waals surface area contributed by atoms with Gasteiger partial charge in [-0.15, -0.1) is 5.10 Å². The molecule has 1 fully saturated rings. The number of carbonyl (C=O) groups excluding carboxylic acids is 1. The standard InChI is InChI=1S/C16H22N6O/c1-12(13-4-3-7-17-10-13)8-16(23)19-14-5-2-6-15(9-14)22-11-18-20-21-22/h2,5-6,9,11-13,17H,3-4,7-8,10H2,1H3,(H,19,23). The van der Waals surface area contributed by atoms with E-state index in [0.717, 1.165) is 24.5 Å². The van der Waals surface area contributed by atoms with Crippen molar-refractivity contribution in [3.05, 3.63) is 30.6 Å². The molecule has 122 valence electrons. The fourth-order valence-electron chi connectivity index (χ4n) is 3.04.